The van der Waals surface area contributed by atoms with Crippen molar-refractivity contribution < 1.29 is 19.0 Å². The van der Waals surface area contributed by atoms with Crippen LogP contribution in [0.25, 0.3) is 0 Å². The highest BCUT2D eigenvalue weighted by Gasteiger charge is 2.22. The largest absolute Gasteiger partial charge is 0.494 e. The summed E-state index contributed by atoms with van der Waals surface area (Å²) in [5.41, 5.74) is 2.80. The lowest BCUT2D eigenvalue weighted by Gasteiger charge is -2.26. The second-order valence-corrected chi connectivity index (χ2v) is 12.0. The van der Waals surface area contributed by atoms with E-state index in [2.05, 4.69) is 60.6 Å². The van der Waals surface area contributed by atoms with E-state index in [0.29, 0.717) is 42.2 Å². The number of rotatable bonds is 12. The summed E-state index contributed by atoms with van der Waals surface area (Å²) in [5.74, 6) is 2.39. The molecule has 0 spiro atoms. The number of anilines is 6. The molecule has 13 heteroatoms. The Labute approximate surface area is 241 Å². The van der Waals surface area contributed by atoms with Crippen LogP contribution in [0, 0.1) is 0 Å². The maximum atomic E-state index is 12.3. The Morgan fingerprint density at radius 1 is 1.05 bits per heavy atom. The Bertz CT molecular complexity index is 1400. The number of hydrogen-bond acceptors (Lipinski definition) is 11. The highest BCUT2D eigenvalue weighted by atomic mass is 31.1. The summed E-state index contributed by atoms with van der Waals surface area (Å²) >= 11 is 0. The molecule has 4 rings (SSSR count). The Hall–Kier alpha value is -4.15. The minimum absolute atomic E-state index is 0.296. The van der Waals surface area contributed by atoms with Gasteiger partial charge in [-0.3, -0.25) is 4.79 Å². The highest BCUT2D eigenvalue weighted by molar-refractivity contribution is 7.64. The van der Waals surface area contributed by atoms with Gasteiger partial charge in [-0.15, -0.1) is 0 Å². The van der Waals surface area contributed by atoms with Gasteiger partial charge in [0.2, 0.25) is 17.8 Å². The molecule has 0 saturated heterocycles. The molecular formula is C28H37N8O4P. The number of methoxy groups -OCH3 is 1. The molecule has 218 valence electrons. The topological polar surface area (TPSA) is 126 Å². The van der Waals surface area contributed by atoms with Gasteiger partial charge in [0.1, 0.15) is 25.3 Å². The molecule has 1 aromatic heterocycles. The first-order valence-corrected chi connectivity index (χ1v) is 15.3. The van der Waals surface area contributed by atoms with E-state index >= 15 is 0 Å². The molecule has 0 unspecified atom stereocenters. The van der Waals surface area contributed by atoms with Crippen molar-refractivity contribution in [2.75, 3.05) is 88.7 Å². The SMILES string of the molecule is C=CC(=O)Nc1cc(Nc2ncnc(Nc3ccc4c(c3P(C)C)OCCO4)n2)c(OC)cc1N(C)CCN(C)C. The van der Waals surface area contributed by atoms with Gasteiger partial charge in [0.15, 0.2) is 11.5 Å². The maximum absolute atomic E-state index is 12.3. The fraction of sp³-hybridized carbons (Fsp3) is 0.357. The zero-order valence-corrected chi connectivity index (χ0v) is 25.2. The zero-order valence-electron chi connectivity index (χ0n) is 24.3. The molecule has 2 heterocycles. The van der Waals surface area contributed by atoms with Crippen LogP contribution in [-0.2, 0) is 4.79 Å². The summed E-state index contributed by atoms with van der Waals surface area (Å²) in [5, 5.41) is 10.5. The van der Waals surface area contributed by atoms with Crippen LogP contribution in [0.15, 0.2) is 43.2 Å². The summed E-state index contributed by atoms with van der Waals surface area (Å²) in [6.45, 7) is 10.5. The first kappa shape index (κ1) is 29.8. The highest BCUT2D eigenvalue weighted by Crippen LogP contribution is 2.41. The summed E-state index contributed by atoms with van der Waals surface area (Å²) in [6.07, 6.45) is 2.65. The second-order valence-electron chi connectivity index (χ2n) is 9.75. The van der Waals surface area contributed by atoms with Crippen LogP contribution in [0.1, 0.15) is 0 Å². The van der Waals surface area contributed by atoms with Gasteiger partial charge in [-0.2, -0.15) is 4.98 Å². The Morgan fingerprint density at radius 2 is 1.76 bits per heavy atom. The van der Waals surface area contributed by atoms with E-state index in [9.17, 15) is 4.79 Å². The molecule has 1 amide bonds. The molecule has 0 bridgehead atoms. The van der Waals surface area contributed by atoms with E-state index in [1.807, 2.05) is 39.3 Å². The molecule has 1 aliphatic heterocycles. The van der Waals surface area contributed by atoms with Crippen LogP contribution in [0.4, 0.5) is 34.6 Å². The number of hydrogen-bond donors (Lipinski definition) is 3. The zero-order chi connectivity index (χ0) is 29.5. The third-order valence-corrected chi connectivity index (χ3v) is 7.59. The molecule has 2 aromatic carbocycles. The normalized spacial score (nSPS) is 12.2. The molecule has 0 radical (unpaired) electrons. The van der Waals surface area contributed by atoms with Crippen molar-refractivity contribution in [3.8, 4) is 17.2 Å². The molecule has 3 aromatic rings. The van der Waals surface area contributed by atoms with E-state index in [0.717, 1.165) is 41.3 Å². The summed E-state index contributed by atoms with van der Waals surface area (Å²) < 4.78 is 17.4. The Morgan fingerprint density at radius 3 is 2.41 bits per heavy atom. The molecule has 1 aliphatic rings. The number of likely N-dealkylation sites (N-methyl/N-ethyl adjacent to an activating group) is 2. The van der Waals surface area contributed by atoms with E-state index in [1.165, 1.54) is 12.4 Å². The number of aromatic nitrogens is 3. The van der Waals surface area contributed by atoms with Gasteiger partial charge >= 0.3 is 0 Å². The van der Waals surface area contributed by atoms with Gasteiger partial charge in [0.25, 0.3) is 0 Å². The molecule has 3 N–H and O–H groups in total. The average molecular weight is 581 g/mol. The first-order chi connectivity index (χ1) is 19.7. The minimum Gasteiger partial charge on any atom is -0.494 e. The smallest absolute Gasteiger partial charge is 0.247 e. The minimum atomic E-state index is -0.528. The van der Waals surface area contributed by atoms with E-state index in [-0.39, 0.29) is 5.91 Å². The van der Waals surface area contributed by atoms with Crippen molar-refractivity contribution >= 4 is 53.8 Å². The summed E-state index contributed by atoms with van der Waals surface area (Å²) in [6, 6.07) is 7.49. The third kappa shape index (κ3) is 7.33. The van der Waals surface area contributed by atoms with Crippen molar-refractivity contribution in [3.05, 3.63) is 43.2 Å². The van der Waals surface area contributed by atoms with Gasteiger partial charge in [-0.25, -0.2) is 9.97 Å². The lowest BCUT2D eigenvalue weighted by Crippen LogP contribution is -2.29. The number of benzene rings is 2. The molecule has 41 heavy (non-hydrogen) atoms. The number of amides is 1. The monoisotopic (exact) mass is 580 g/mol. The van der Waals surface area contributed by atoms with Crippen molar-refractivity contribution in [1.29, 1.82) is 0 Å². The first-order valence-electron chi connectivity index (χ1n) is 13.0. The predicted molar refractivity (Wildman–Crippen MR) is 166 cm³/mol. The molecule has 0 saturated carbocycles. The number of ether oxygens (including phenoxy) is 3. The van der Waals surface area contributed by atoms with E-state index in [1.54, 1.807) is 13.2 Å². The molecule has 0 fully saturated rings. The van der Waals surface area contributed by atoms with Gasteiger partial charge in [0.05, 0.1) is 29.9 Å². The average Bonchev–Trinajstić information content (AvgIpc) is 2.95. The van der Waals surface area contributed by atoms with Crippen LogP contribution in [-0.4, -0.2) is 93.6 Å². The molecular weight excluding hydrogens is 543 g/mol. The van der Waals surface area contributed by atoms with Crippen molar-refractivity contribution in [2.24, 2.45) is 0 Å². The lowest BCUT2D eigenvalue weighted by atomic mass is 10.2. The van der Waals surface area contributed by atoms with Crippen molar-refractivity contribution in [2.45, 2.75) is 0 Å². The Balaban J connectivity index is 1.64. The van der Waals surface area contributed by atoms with Crippen LogP contribution in [0.5, 0.6) is 17.2 Å². The lowest BCUT2D eigenvalue weighted by molar-refractivity contribution is -0.111. The van der Waals surface area contributed by atoms with E-state index in [4.69, 9.17) is 14.2 Å². The Kier molecular flexibility index (Phi) is 9.80. The summed E-state index contributed by atoms with van der Waals surface area (Å²) in [7, 11) is 7.04. The maximum Gasteiger partial charge on any atom is 0.247 e. The van der Waals surface area contributed by atoms with Gasteiger partial charge in [-0.1, -0.05) is 14.5 Å². The standard InChI is InChI=1S/C28H37N8O4P/c1-8-24(37)31-19-15-20(23(38-5)16-21(19)36(4)12-11-35(2)3)33-28-30-17-29-27(34-28)32-18-9-10-22-25(26(18)41(6)7)40-14-13-39-22/h8-10,15-17H,1,11-14H2,2-7H3,(H,31,37)(H2,29,30,32,33,34). The van der Waals surface area contributed by atoms with E-state index < -0.39 is 7.92 Å². The number of carbonyl (C=O) groups excluding carboxylic acids is 1. The van der Waals surface area contributed by atoms with Crippen LogP contribution in [0.2, 0.25) is 0 Å². The van der Waals surface area contributed by atoms with Crippen LogP contribution in [0.3, 0.4) is 0 Å². The third-order valence-electron chi connectivity index (χ3n) is 6.25. The quantitative estimate of drug-likeness (QED) is 0.215. The number of fused-ring (bicyclic) bond motifs is 1. The van der Waals surface area contributed by atoms with Gasteiger partial charge < -0.3 is 40.0 Å². The predicted octanol–water partition coefficient (Wildman–Crippen LogP) is 3.63. The second kappa shape index (κ2) is 13.5. The molecule has 0 aliphatic carbocycles. The fourth-order valence-corrected chi connectivity index (χ4v) is 5.40. The number of nitrogens with one attached hydrogen (secondary N) is 3. The summed E-state index contributed by atoms with van der Waals surface area (Å²) in [4.78, 5) is 29.6. The molecule has 0 atom stereocenters. The molecule has 12 nitrogen and oxygen atoms in total. The van der Waals surface area contributed by atoms with Crippen LogP contribution < -0.4 is 40.4 Å². The van der Waals surface area contributed by atoms with Crippen LogP contribution >= 0.6 is 7.92 Å². The number of nitrogens with zero attached hydrogens (tertiary/aromatic N) is 5. The van der Waals surface area contributed by atoms with Crippen molar-refractivity contribution in [1.82, 2.24) is 19.9 Å². The van der Waals surface area contributed by atoms with Crippen molar-refractivity contribution in [3.63, 3.8) is 0 Å². The van der Waals surface area contributed by atoms with Gasteiger partial charge in [0, 0.05) is 31.5 Å². The van der Waals surface area contributed by atoms with Gasteiger partial charge in [-0.05, 0) is 51.7 Å². The number of carbonyl (C=O) groups is 1. The fourth-order valence-electron chi connectivity index (χ4n) is 4.21.